The summed E-state index contributed by atoms with van der Waals surface area (Å²) in [6.07, 6.45) is -1.11. The van der Waals surface area contributed by atoms with Crippen LogP contribution in [0.5, 0.6) is 5.75 Å². The van der Waals surface area contributed by atoms with Gasteiger partial charge in [0.1, 0.15) is 18.1 Å². The molecule has 3 heterocycles. The van der Waals surface area contributed by atoms with Gasteiger partial charge in [-0.2, -0.15) is 13.2 Å². The van der Waals surface area contributed by atoms with E-state index in [1.165, 1.54) is 0 Å². The molecule has 2 aliphatic heterocycles. The Bertz CT molecular complexity index is 1400. The van der Waals surface area contributed by atoms with Crippen LogP contribution >= 0.6 is 11.6 Å². The highest BCUT2D eigenvalue weighted by atomic mass is 35.5. The maximum absolute atomic E-state index is 14.2. The van der Waals surface area contributed by atoms with Gasteiger partial charge in [0.2, 0.25) is 11.8 Å². The second-order valence-corrected chi connectivity index (χ2v) is 11.9. The number of likely N-dealkylation sites (tertiary alicyclic amines) is 1. The highest BCUT2D eigenvalue weighted by Gasteiger charge is 2.50. The summed E-state index contributed by atoms with van der Waals surface area (Å²) in [4.78, 5) is 42.5. The summed E-state index contributed by atoms with van der Waals surface area (Å²) in [7, 11) is 1.15. The molecule has 5 rings (SSSR count). The number of carbonyl (C=O) groups is 3. The van der Waals surface area contributed by atoms with Gasteiger partial charge < -0.3 is 19.6 Å². The standard InChI is InChI=1S/C28H33ClF3N5O5/c1-27(26(40)41)11-4-3-6-17(27)25(39)37-13-10-16-18(29)8-9-21(23(16)20(37)14-36-12-5-7-22(36)38)42-15-19-24(28(30,31)32)35(2)34-33-19/h8-9,17,20H,3-7,10-15H2,1-2H3,(H,40,41)/t17-,20-,27+/m1/s1. The van der Waals surface area contributed by atoms with Crippen LogP contribution in [0.25, 0.3) is 0 Å². The Morgan fingerprint density at radius 3 is 2.62 bits per heavy atom. The summed E-state index contributed by atoms with van der Waals surface area (Å²) in [5, 5.41) is 17.6. The molecule has 3 aliphatic rings. The van der Waals surface area contributed by atoms with Crippen LogP contribution in [0.2, 0.25) is 5.02 Å². The Kier molecular flexibility index (Phi) is 8.16. The third-order valence-corrected chi connectivity index (χ3v) is 9.30. The van der Waals surface area contributed by atoms with E-state index < -0.39 is 47.5 Å². The normalized spacial score (nSPS) is 24.6. The van der Waals surface area contributed by atoms with E-state index >= 15 is 0 Å². The van der Waals surface area contributed by atoms with Gasteiger partial charge in [-0.25, -0.2) is 4.68 Å². The lowest BCUT2D eigenvalue weighted by atomic mass is 9.66. The van der Waals surface area contributed by atoms with Crippen molar-refractivity contribution in [3.63, 3.8) is 0 Å². The number of amides is 2. The SMILES string of the molecule is Cn1nnc(COc2ccc(Cl)c3c2[C@@H](CN2CCCC2=O)N(C(=O)[C@H]2CCCC[C@]2(C)C(=O)O)CC3)c1C(F)(F)F. The average Bonchev–Trinajstić information content (AvgIpc) is 3.52. The Labute approximate surface area is 245 Å². The molecule has 0 bridgehead atoms. The molecule has 1 aromatic carbocycles. The van der Waals surface area contributed by atoms with Crippen LogP contribution in [-0.4, -0.2) is 67.3 Å². The largest absolute Gasteiger partial charge is 0.487 e. The summed E-state index contributed by atoms with van der Waals surface area (Å²) in [5.41, 5.74) is -1.49. The minimum Gasteiger partial charge on any atom is -0.487 e. The van der Waals surface area contributed by atoms with Crippen molar-refractivity contribution in [1.29, 1.82) is 0 Å². The summed E-state index contributed by atoms with van der Waals surface area (Å²) < 4.78 is 47.6. The molecule has 14 heteroatoms. The lowest BCUT2D eigenvalue weighted by molar-refractivity contribution is -0.162. The van der Waals surface area contributed by atoms with Gasteiger partial charge in [0.15, 0.2) is 5.69 Å². The number of hydrogen-bond acceptors (Lipinski definition) is 6. The zero-order valence-corrected chi connectivity index (χ0v) is 24.2. The van der Waals surface area contributed by atoms with E-state index in [1.54, 1.807) is 28.9 Å². The number of aromatic nitrogens is 3. The smallest absolute Gasteiger partial charge is 0.435 e. The molecule has 0 radical (unpaired) electrons. The lowest BCUT2D eigenvalue weighted by Crippen LogP contribution is -2.52. The van der Waals surface area contributed by atoms with Crippen LogP contribution in [0.4, 0.5) is 13.2 Å². The molecule has 228 valence electrons. The van der Waals surface area contributed by atoms with Crippen LogP contribution in [0, 0.1) is 11.3 Å². The molecule has 0 spiro atoms. The quantitative estimate of drug-likeness (QED) is 0.493. The molecule has 2 aromatic rings. The van der Waals surface area contributed by atoms with Gasteiger partial charge in [-0.3, -0.25) is 14.4 Å². The van der Waals surface area contributed by atoms with Crippen molar-refractivity contribution in [2.75, 3.05) is 19.6 Å². The molecule has 1 saturated heterocycles. The Hall–Kier alpha value is -3.35. The second kappa shape index (κ2) is 11.4. The van der Waals surface area contributed by atoms with E-state index in [1.807, 2.05) is 0 Å². The monoisotopic (exact) mass is 611 g/mol. The predicted molar refractivity (Wildman–Crippen MR) is 143 cm³/mol. The molecule has 10 nitrogen and oxygen atoms in total. The molecular formula is C28H33ClF3N5O5. The number of nitrogens with zero attached hydrogens (tertiary/aromatic N) is 5. The molecule has 1 aromatic heterocycles. The van der Waals surface area contributed by atoms with Crippen molar-refractivity contribution in [3.05, 3.63) is 39.7 Å². The van der Waals surface area contributed by atoms with Gasteiger partial charge in [-0.15, -0.1) is 5.10 Å². The average molecular weight is 612 g/mol. The molecule has 42 heavy (non-hydrogen) atoms. The van der Waals surface area contributed by atoms with Crippen LogP contribution < -0.4 is 4.74 Å². The molecule has 3 atom stereocenters. The van der Waals surface area contributed by atoms with Crippen molar-refractivity contribution in [3.8, 4) is 5.75 Å². The third-order valence-electron chi connectivity index (χ3n) is 8.94. The second-order valence-electron chi connectivity index (χ2n) is 11.5. The number of carboxylic acid groups (broad SMARTS) is 1. The predicted octanol–water partition coefficient (Wildman–Crippen LogP) is 4.40. The molecule has 2 amide bonds. The minimum absolute atomic E-state index is 0.0681. The van der Waals surface area contributed by atoms with Crippen molar-refractivity contribution in [2.24, 2.45) is 18.4 Å². The van der Waals surface area contributed by atoms with Crippen molar-refractivity contribution in [2.45, 2.75) is 70.7 Å². The number of alkyl halides is 3. The number of halogens is 4. The number of aryl methyl sites for hydroxylation is 1. The van der Waals surface area contributed by atoms with Crippen LogP contribution in [-0.2, 0) is 40.6 Å². The molecule has 2 fully saturated rings. The number of fused-ring (bicyclic) bond motifs is 1. The number of ether oxygens (including phenoxy) is 1. The Balaban J connectivity index is 1.54. The number of carbonyl (C=O) groups excluding carboxylic acids is 2. The molecule has 1 aliphatic carbocycles. The van der Waals surface area contributed by atoms with E-state index in [-0.39, 0.29) is 30.7 Å². The van der Waals surface area contributed by atoms with Crippen LogP contribution in [0.3, 0.4) is 0 Å². The molecular weight excluding hydrogens is 579 g/mol. The van der Waals surface area contributed by atoms with Crippen molar-refractivity contribution < 1.29 is 37.4 Å². The molecule has 0 unspecified atom stereocenters. The summed E-state index contributed by atoms with van der Waals surface area (Å²) in [5.74, 6) is -1.96. The highest BCUT2D eigenvalue weighted by Crippen LogP contribution is 2.46. The fraction of sp³-hybridized carbons (Fsp3) is 0.607. The van der Waals surface area contributed by atoms with Crippen LogP contribution in [0.1, 0.15) is 74.0 Å². The van der Waals surface area contributed by atoms with Crippen molar-refractivity contribution in [1.82, 2.24) is 24.8 Å². The zero-order valence-electron chi connectivity index (χ0n) is 23.4. The molecule has 1 saturated carbocycles. The zero-order chi connectivity index (χ0) is 30.4. The number of hydrogen-bond donors (Lipinski definition) is 1. The minimum atomic E-state index is -4.70. The van der Waals surface area contributed by atoms with Crippen LogP contribution in [0.15, 0.2) is 12.1 Å². The first-order chi connectivity index (χ1) is 19.8. The van der Waals surface area contributed by atoms with Crippen molar-refractivity contribution >= 4 is 29.4 Å². The first-order valence-electron chi connectivity index (χ1n) is 14.0. The van der Waals surface area contributed by atoms with E-state index in [2.05, 4.69) is 10.3 Å². The first kappa shape index (κ1) is 30.1. The fourth-order valence-electron chi connectivity index (χ4n) is 6.64. The highest BCUT2D eigenvalue weighted by molar-refractivity contribution is 6.31. The van der Waals surface area contributed by atoms with Gasteiger partial charge in [-0.1, -0.05) is 29.7 Å². The maximum atomic E-state index is 14.2. The Morgan fingerprint density at radius 2 is 1.95 bits per heavy atom. The lowest BCUT2D eigenvalue weighted by Gasteiger charge is -2.45. The summed E-state index contributed by atoms with van der Waals surface area (Å²) >= 11 is 6.60. The number of carboxylic acids is 1. The van der Waals surface area contributed by atoms with Gasteiger partial charge in [0.25, 0.3) is 0 Å². The number of rotatable bonds is 7. The van der Waals surface area contributed by atoms with E-state index in [0.29, 0.717) is 65.9 Å². The summed E-state index contributed by atoms with van der Waals surface area (Å²) in [6, 6.07) is 2.40. The van der Waals surface area contributed by atoms with Gasteiger partial charge in [-0.05, 0) is 50.3 Å². The van der Waals surface area contributed by atoms with E-state index in [9.17, 15) is 32.7 Å². The number of aliphatic carboxylic acids is 1. The Morgan fingerprint density at radius 1 is 1.19 bits per heavy atom. The van der Waals surface area contributed by atoms with Gasteiger partial charge in [0, 0.05) is 43.7 Å². The molecule has 1 N–H and O–H groups in total. The van der Waals surface area contributed by atoms with Gasteiger partial charge in [0.05, 0.1) is 17.4 Å². The summed E-state index contributed by atoms with van der Waals surface area (Å²) in [6.45, 7) is 1.94. The third kappa shape index (κ3) is 5.43. The maximum Gasteiger partial charge on any atom is 0.435 e. The first-order valence-corrected chi connectivity index (χ1v) is 14.4. The topological polar surface area (TPSA) is 118 Å². The van der Waals surface area contributed by atoms with Gasteiger partial charge >= 0.3 is 12.1 Å². The number of benzene rings is 1. The van der Waals surface area contributed by atoms with E-state index in [0.717, 1.165) is 13.5 Å². The van der Waals surface area contributed by atoms with E-state index in [4.69, 9.17) is 16.3 Å². The fourth-order valence-corrected chi connectivity index (χ4v) is 6.90.